The lowest BCUT2D eigenvalue weighted by Crippen LogP contribution is -2.57. The van der Waals surface area contributed by atoms with Crippen LogP contribution in [0.5, 0.6) is 5.75 Å². The van der Waals surface area contributed by atoms with Crippen molar-refractivity contribution in [3.63, 3.8) is 0 Å². The molecule has 5 nitrogen and oxygen atoms in total. The van der Waals surface area contributed by atoms with Crippen LogP contribution in [0.4, 0.5) is 10.1 Å². The first-order chi connectivity index (χ1) is 16.5. The molecule has 3 aromatic carbocycles. The largest absolute Gasteiger partial charge is 0.497 e. The van der Waals surface area contributed by atoms with Crippen LogP contribution in [0.15, 0.2) is 78.9 Å². The second kappa shape index (κ2) is 10.5. The molecule has 176 valence electrons. The highest BCUT2D eigenvalue weighted by Gasteiger charge is 2.48. The van der Waals surface area contributed by atoms with Crippen LogP contribution in [0.1, 0.15) is 36.8 Å². The number of hydrogen-bond donors (Lipinski definition) is 1. The van der Waals surface area contributed by atoms with Crippen molar-refractivity contribution in [1.82, 2.24) is 4.90 Å². The Kier molecular flexibility index (Phi) is 7.26. The van der Waals surface area contributed by atoms with Gasteiger partial charge in [-0.2, -0.15) is 0 Å². The molecule has 0 radical (unpaired) electrons. The highest BCUT2D eigenvalue weighted by molar-refractivity contribution is 6.01. The molecule has 0 aromatic heterocycles. The summed E-state index contributed by atoms with van der Waals surface area (Å²) in [6.45, 7) is 0.0361. The zero-order chi connectivity index (χ0) is 24.0. The van der Waals surface area contributed by atoms with Gasteiger partial charge in [0.15, 0.2) is 0 Å². The number of ether oxygens (including phenoxy) is 1. The number of carbonyl (C=O) groups excluding carboxylic acids is 2. The lowest BCUT2D eigenvalue weighted by molar-refractivity contribution is -0.145. The van der Waals surface area contributed by atoms with Crippen LogP contribution >= 0.6 is 0 Å². The minimum Gasteiger partial charge on any atom is -0.497 e. The van der Waals surface area contributed by atoms with Gasteiger partial charge in [0.25, 0.3) is 0 Å². The Morgan fingerprint density at radius 1 is 0.941 bits per heavy atom. The fourth-order valence-corrected chi connectivity index (χ4v) is 4.64. The highest BCUT2D eigenvalue weighted by Crippen LogP contribution is 2.38. The van der Waals surface area contributed by atoms with Crippen molar-refractivity contribution < 1.29 is 18.7 Å². The van der Waals surface area contributed by atoms with Gasteiger partial charge in [0.1, 0.15) is 17.1 Å². The van der Waals surface area contributed by atoms with Gasteiger partial charge >= 0.3 is 0 Å². The lowest BCUT2D eigenvalue weighted by atomic mass is 9.91. The molecule has 34 heavy (non-hydrogen) atoms. The summed E-state index contributed by atoms with van der Waals surface area (Å²) in [5.41, 5.74) is 0.828. The van der Waals surface area contributed by atoms with E-state index in [4.69, 9.17) is 4.74 Å². The summed E-state index contributed by atoms with van der Waals surface area (Å²) < 4.78 is 19.8. The topological polar surface area (TPSA) is 58.6 Å². The van der Waals surface area contributed by atoms with Gasteiger partial charge in [0.05, 0.1) is 13.5 Å². The molecule has 1 aliphatic carbocycles. The number of halogens is 1. The standard InChI is InChI=1S/C28H29FN2O3/c1-34-24-15-13-23(14-16-24)30-27(33)28(17-7-8-18-28)31(20-22-11-5-6-12-25(22)29)26(32)19-21-9-3-2-4-10-21/h2-6,9-16H,7-8,17-20H2,1H3,(H,30,33). The molecule has 1 N–H and O–H groups in total. The van der Waals surface area contributed by atoms with E-state index in [0.29, 0.717) is 29.8 Å². The molecule has 0 heterocycles. The van der Waals surface area contributed by atoms with E-state index in [2.05, 4.69) is 5.32 Å². The van der Waals surface area contributed by atoms with E-state index in [1.165, 1.54) is 6.07 Å². The second-order valence-electron chi connectivity index (χ2n) is 8.65. The first kappa shape index (κ1) is 23.5. The van der Waals surface area contributed by atoms with Crippen LogP contribution in [-0.4, -0.2) is 29.4 Å². The van der Waals surface area contributed by atoms with Gasteiger partial charge in [-0.15, -0.1) is 0 Å². The highest BCUT2D eigenvalue weighted by atomic mass is 19.1. The van der Waals surface area contributed by atoms with Crippen LogP contribution in [0.3, 0.4) is 0 Å². The zero-order valence-electron chi connectivity index (χ0n) is 19.3. The molecule has 2 amide bonds. The minimum atomic E-state index is -1.05. The summed E-state index contributed by atoms with van der Waals surface area (Å²) in [7, 11) is 1.58. The molecular formula is C28H29FN2O3. The summed E-state index contributed by atoms with van der Waals surface area (Å²) in [4.78, 5) is 29.0. The van der Waals surface area contributed by atoms with E-state index < -0.39 is 5.54 Å². The Labute approximate surface area is 199 Å². The summed E-state index contributed by atoms with van der Waals surface area (Å²) >= 11 is 0. The van der Waals surface area contributed by atoms with Crippen LogP contribution in [0.25, 0.3) is 0 Å². The molecule has 6 heteroatoms. The van der Waals surface area contributed by atoms with Crippen LogP contribution in [0.2, 0.25) is 0 Å². The Morgan fingerprint density at radius 3 is 2.24 bits per heavy atom. The van der Waals surface area contributed by atoms with Crippen LogP contribution < -0.4 is 10.1 Å². The van der Waals surface area contributed by atoms with Crippen molar-refractivity contribution in [2.45, 2.75) is 44.2 Å². The normalized spacial score (nSPS) is 14.4. The molecule has 1 fully saturated rings. The number of benzene rings is 3. The average Bonchev–Trinajstić information content (AvgIpc) is 3.35. The third kappa shape index (κ3) is 5.11. The third-order valence-electron chi connectivity index (χ3n) is 6.50. The average molecular weight is 461 g/mol. The fourth-order valence-electron chi connectivity index (χ4n) is 4.64. The molecule has 0 atom stereocenters. The van der Waals surface area contributed by atoms with Crippen molar-refractivity contribution in [3.05, 3.63) is 95.8 Å². The Morgan fingerprint density at radius 2 is 1.59 bits per heavy atom. The Balaban J connectivity index is 1.67. The number of nitrogens with one attached hydrogen (secondary N) is 1. The predicted octanol–water partition coefficient (Wildman–Crippen LogP) is 5.36. The van der Waals surface area contributed by atoms with Crippen molar-refractivity contribution in [1.29, 1.82) is 0 Å². The van der Waals surface area contributed by atoms with E-state index in [9.17, 15) is 14.0 Å². The predicted molar refractivity (Wildman–Crippen MR) is 130 cm³/mol. The maximum Gasteiger partial charge on any atom is 0.250 e. The number of amides is 2. The maximum absolute atomic E-state index is 14.6. The number of carbonyl (C=O) groups is 2. The summed E-state index contributed by atoms with van der Waals surface area (Å²) in [6.07, 6.45) is 2.85. The lowest BCUT2D eigenvalue weighted by Gasteiger charge is -2.40. The molecule has 0 aliphatic heterocycles. The first-order valence-electron chi connectivity index (χ1n) is 11.6. The number of methoxy groups -OCH3 is 1. The number of nitrogens with zero attached hydrogens (tertiary/aromatic N) is 1. The number of hydrogen-bond acceptors (Lipinski definition) is 3. The van der Waals surface area contributed by atoms with Gasteiger partial charge in [-0.25, -0.2) is 4.39 Å². The maximum atomic E-state index is 14.6. The molecule has 0 saturated heterocycles. The number of anilines is 1. The SMILES string of the molecule is COc1ccc(NC(=O)C2(N(Cc3ccccc3F)C(=O)Cc3ccccc3)CCCC2)cc1. The molecule has 4 rings (SSSR count). The number of rotatable bonds is 8. The Hall–Kier alpha value is -3.67. The monoisotopic (exact) mass is 460 g/mol. The smallest absolute Gasteiger partial charge is 0.250 e. The van der Waals surface area contributed by atoms with Gasteiger partial charge in [-0.3, -0.25) is 9.59 Å². The van der Waals surface area contributed by atoms with Crippen molar-refractivity contribution in [2.75, 3.05) is 12.4 Å². The molecule has 0 bridgehead atoms. The van der Waals surface area contributed by atoms with Gasteiger partial charge < -0.3 is 15.0 Å². The van der Waals surface area contributed by atoms with E-state index >= 15 is 0 Å². The van der Waals surface area contributed by atoms with Gasteiger partial charge in [0, 0.05) is 17.8 Å². The quantitative estimate of drug-likeness (QED) is 0.493. The van der Waals surface area contributed by atoms with Crippen molar-refractivity contribution in [2.24, 2.45) is 0 Å². The van der Waals surface area contributed by atoms with E-state index in [0.717, 1.165) is 18.4 Å². The molecule has 3 aromatic rings. The Bertz CT molecular complexity index is 1130. The van der Waals surface area contributed by atoms with Crippen LogP contribution in [-0.2, 0) is 22.6 Å². The zero-order valence-corrected chi connectivity index (χ0v) is 19.3. The third-order valence-corrected chi connectivity index (χ3v) is 6.50. The minimum absolute atomic E-state index is 0.0361. The van der Waals surface area contributed by atoms with E-state index in [-0.39, 0.29) is 30.6 Å². The van der Waals surface area contributed by atoms with Gasteiger partial charge in [-0.1, -0.05) is 61.4 Å². The fraction of sp³-hybridized carbons (Fsp3) is 0.286. The molecule has 1 aliphatic rings. The molecule has 0 unspecified atom stereocenters. The summed E-state index contributed by atoms with van der Waals surface area (Å²) in [5.74, 6) is -0.134. The summed E-state index contributed by atoms with van der Waals surface area (Å²) in [6, 6.07) is 22.9. The molecule has 0 spiro atoms. The van der Waals surface area contributed by atoms with Gasteiger partial charge in [-0.05, 0) is 48.7 Å². The second-order valence-corrected chi connectivity index (χ2v) is 8.65. The molecular weight excluding hydrogens is 431 g/mol. The van der Waals surface area contributed by atoms with Gasteiger partial charge in [0.2, 0.25) is 11.8 Å². The van der Waals surface area contributed by atoms with E-state index in [1.54, 1.807) is 54.5 Å². The summed E-state index contributed by atoms with van der Waals surface area (Å²) in [5, 5.41) is 2.99. The molecule has 1 saturated carbocycles. The van der Waals surface area contributed by atoms with E-state index in [1.807, 2.05) is 30.3 Å². The first-order valence-corrected chi connectivity index (χ1v) is 11.6. The van der Waals surface area contributed by atoms with Crippen molar-refractivity contribution in [3.8, 4) is 5.75 Å². The van der Waals surface area contributed by atoms with Crippen LogP contribution in [0, 0.1) is 5.82 Å². The van der Waals surface area contributed by atoms with Crippen molar-refractivity contribution >= 4 is 17.5 Å².